The fourth-order valence-corrected chi connectivity index (χ4v) is 11.2. The normalized spacial score (nSPS) is 18.0. The van der Waals surface area contributed by atoms with Crippen molar-refractivity contribution in [1.29, 1.82) is 0 Å². The number of hydrogen-bond acceptors (Lipinski definition) is 10. The minimum absolute atomic E-state index is 0.0150. The number of ether oxygens (including phenoxy) is 1. The molecule has 0 aliphatic carbocycles. The summed E-state index contributed by atoms with van der Waals surface area (Å²) in [6.07, 6.45) is 2.05. The summed E-state index contributed by atoms with van der Waals surface area (Å²) in [5.41, 5.74) is 9.55. The van der Waals surface area contributed by atoms with E-state index in [1.807, 2.05) is 77.8 Å². The van der Waals surface area contributed by atoms with Crippen LogP contribution in [-0.2, 0) is 0 Å². The monoisotopic (exact) mass is 765 g/mol. The van der Waals surface area contributed by atoms with E-state index in [0.717, 1.165) is 77.7 Å². The zero-order valence-electron chi connectivity index (χ0n) is 29.6. The van der Waals surface area contributed by atoms with Crippen LogP contribution >= 0.6 is 47.5 Å². The summed E-state index contributed by atoms with van der Waals surface area (Å²) in [5, 5.41) is 1.67. The van der Waals surface area contributed by atoms with Gasteiger partial charge in [0.2, 0.25) is 0 Å². The van der Waals surface area contributed by atoms with E-state index in [1.54, 1.807) is 17.8 Å². The zero-order chi connectivity index (χ0) is 36.1. The van der Waals surface area contributed by atoms with Gasteiger partial charge < -0.3 is 20.3 Å². The molecule has 9 nitrogen and oxygen atoms in total. The van der Waals surface area contributed by atoms with Gasteiger partial charge in [-0.3, -0.25) is 24.2 Å². The number of thiocarbonyl (C=S) groups is 1. The summed E-state index contributed by atoms with van der Waals surface area (Å²) in [6, 6.07) is 15.1. The topological polar surface area (TPSA) is 99.4 Å². The predicted molar refractivity (Wildman–Crippen MR) is 218 cm³/mol. The lowest BCUT2D eigenvalue weighted by Crippen LogP contribution is -2.51. The summed E-state index contributed by atoms with van der Waals surface area (Å²) in [6.45, 7) is 11.7. The van der Waals surface area contributed by atoms with Crippen LogP contribution in [0.3, 0.4) is 0 Å². The number of likely N-dealkylation sites (tertiary alicyclic amines) is 1. The van der Waals surface area contributed by atoms with Gasteiger partial charge in [0.05, 0.1) is 22.8 Å². The number of nitrogens with zero attached hydrogens (tertiary/aromatic N) is 4. The number of nitrogen functional groups attached to an aromatic ring is 1. The second-order valence-electron chi connectivity index (χ2n) is 13.0. The lowest BCUT2D eigenvalue weighted by molar-refractivity contribution is 0.0583. The van der Waals surface area contributed by atoms with Crippen molar-refractivity contribution in [2.24, 2.45) is 0 Å². The molecule has 0 aromatic heterocycles. The number of carbonyl (C=O) groups excluding carboxylic acids is 3. The first kappa shape index (κ1) is 37.8. The maximum atomic E-state index is 13.7. The van der Waals surface area contributed by atoms with Crippen molar-refractivity contribution in [2.75, 3.05) is 75.4 Å². The number of aryl methyl sites for hydroxylation is 1. The quantitative estimate of drug-likeness (QED) is 0.0681. The van der Waals surface area contributed by atoms with E-state index in [9.17, 15) is 14.4 Å². The molecule has 3 amide bonds. The fourth-order valence-electron chi connectivity index (χ4n) is 7.18. The molecule has 0 spiro atoms. The van der Waals surface area contributed by atoms with Crippen LogP contribution < -0.4 is 10.5 Å². The highest BCUT2D eigenvalue weighted by Crippen LogP contribution is 2.37. The van der Waals surface area contributed by atoms with Crippen LogP contribution in [0.4, 0.5) is 5.69 Å². The molecule has 3 aliphatic heterocycles. The molecule has 0 radical (unpaired) electrons. The summed E-state index contributed by atoms with van der Waals surface area (Å²) in [4.78, 5) is 48.2. The van der Waals surface area contributed by atoms with Gasteiger partial charge in [-0.25, -0.2) is 0 Å². The Hall–Kier alpha value is -2.97. The lowest BCUT2D eigenvalue weighted by atomic mass is 9.94. The van der Waals surface area contributed by atoms with Crippen LogP contribution in [0.25, 0.3) is 10.8 Å². The molecule has 0 bridgehead atoms. The lowest BCUT2D eigenvalue weighted by Gasteiger charge is -2.37. The molecule has 3 aromatic rings. The largest absolute Gasteiger partial charge is 0.492 e. The highest BCUT2D eigenvalue weighted by molar-refractivity contribution is 8.22. The second kappa shape index (κ2) is 17.2. The average molecular weight is 766 g/mol. The van der Waals surface area contributed by atoms with E-state index in [2.05, 4.69) is 23.6 Å². The number of carbonyl (C=O) groups is 3. The van der Waals surface area contributed by atoms with Gasteiger partial charge in [0, 0.05) is 79.8 Å². The van der Waals surface area contributed by atoms with Gasteiger partial charge in [-0.15, -0.1) is 23.5 Å². The van der Waals surface area contributed by atoms with Crippen molar-refractivity contribution < 1.29 is 19.1 Å². The van der Waals surface area contributed by atoms with Crippen LogP contribution in [0.15, 0.2) is 48.5 Å². The van der Waals surface area contributed by atoms with Crippen molar-refractivity contribution >= 4 is 86.0 Å². The minimum Gasteiger partial charge on any atom is -0.492 e. The van der Waals surface area contributed by atoms with Gasteiger partial charge in [-0.2, -0.15) is 0 Å². The Bertz CT molecular complexity index is 1730. The van der Waals surface area contributed by atoms with E-state index in [1.165, 1.54) is 4.90 Å². The first-order chi connectivity index (χ1) is 24.7. The number of piperazine rings is 1. The molecule has 1 atom stereocenters. The van der Waals surface area contributed by atoms with Gasteiger partial charge in [-0.1, -0.05) is 62.1 Å². The molecule has 0 saturated carbocycles. The SMILES string of the molecule is CCSC(SCC)[C@@H]1CCCN1C(=O)c1cc(C)c(OCCSC(=S)N2CCN(CCN3C(=O)c4cccc5cccc(c45)C3=O)CC2)cc1N. The molecule has 0 unspecified atom stereocenters. The minimum atomic E-state index is -0.220. The molecular formula is C38H47N5O4S4. The van der Waals surface area contributed by atoms with Crippen molar-refractivity contribution in [3.63, 3.8) is 0 Å². The van der Waals surface area contributed by atoms with Crippen LogP contribution in [0.5, 0.6) is 5.75 Å². The van der Waals surface area contributed by atoms with Gasteiger partial charge in [0.25, 0.3) is 17.7 Å². The summed E-state index contributed by atoms with van der Waals surface area (Å²) < 4.78 is 7.34. The number of rotatable bonds is 13. The number of nitrogens with two attached hydrogens (primary N) is 1. The molecule has 272 valence electrons. The Kier molecular flexibility index (Phi) is 12.8. The second-order valence-corrected chi connectivity index (χ2v) is 17.8. The molecule has 2 N–H and O–H groups in total. The van der Waals surface area contributed by atoms with Crippen LogP contribution in [0, 0.1) is 6.92 Å². The Labute approximate surface area is 319 Å². The molecule has 6 rings (SSSR count). The molecule has 51 heavy (non-hydrogen) atoms. The molecular weight excluding hydrogens is 719 g/mol. The fraction of sp³-hybridized carbons (Fsp3) is 0.474. The predicted octanol–water partition coefficient (Wildman–Crippen LogP) is 6.48. The molecule has 3 aromatic carbocycles. The van der Waals surface area contributed by atoms with Crippen LogP contribution in [0.1, 0.15) is 63.3 Å². The highest BCUT2D eigenvalue weighted by atomic mass is 32.2. The maximum absolute atomic E-state index is 13.7. The van der Waals surface area contributed by atoms with Crippen LogP contribution in [0.2, 0.25) is 0 Å². The molecule has 3 heterocycles. The van der Waals surface area contributed by atoms with Crippen molar-refractivity contribution in [3.8, 4) is 5.75 Å². The van der Waals surface area contributed by atoms with E-state index < -0.39 is 0 Å². The highest BCUT2D eigenvalue weighted by Gasteiger charge is 2.36. The number of imide groups is 1. The molecule has 13 heteroatoms. The van der Waals surface area contributed by atoms with Gasteiger partial charge in [0.15, 0.2) is 0 Å². The number of thioether (sulfide) groups is 3. The Morgan fingerprint density at radius 3 is 2.27 bits per heavy atom. The Morgan fingerprint density at radius 1 is 0.961 bits per heavy atom. The number of hydrogen-bond donors (Lipinski definition) is 1. The van der Waals surface area contributed by atoms with Gasteiger partial charge in [-0.05, 0) is 60.4 Å². The number of amides is 3. The van der Waals surface area contributed by atoms with Gasteiger partial charge in [0.1, 0.15) is 10.1 Å². The smallest absolute Gasteiger partial charge is 0.261 e. The molecule has 2 saturated heterocycles. The van der Waals surface area contributed by atoms with E-state index >= 15 is 0 Å². The van der Waals surface area contributed by atoms with E-state index in [4.69, 9.17) is 22.7 Å². The standard InChI is InChI=1S/C38H47N5O4S4/c1-4-49-37(50-5-2)31-13-8-14-42(31)36(46)29-23-25(3)32(24-30(29)39)47-21-22-51-38(48)41-18-15-40(16-19-41)17-20-43-34(44)27-11-6-9-26-10-7-12-28(33(26)27)35(43)45/h6-7,9-12,23-24,31,37H,4-5,8,13-22,39H2,1-3H3/t31-/m0/s1. The molecule has 3 aliphatic rings. The summed E-state index contributed by atoms with van der Waals surface area (Å²) in [7, 11) is 0. The third kappa shape index (κ3) is 8.32. The first-order valence-corrected chi connectivity index (χ1v) is 21.3. The average Bonchev–Trinajstić information content (AvgIpc) is 3.63. The summed E-state index contributed by atoms with van der Waals surface area (Å²) >= 11 is 11.2. The van der Waals surface area contributed by atoms with E-state index in [-0.39, 0.29) is 23.8 Å². The number of benzene rings is 3. The third-order valence-electron chi connectivity index (χ3n) is 9.81. The van der Waals surface area contributed by atoms with Crippen LogP contribution in [-0.4, -0.2) is 122 Å². The van der Waals surface area contributed by atoms with Crippen molar-refractivity contribution in [1.82, 2.24) is 19.6 Å². The first-order valence-electron chi connectivity index (χ1n) is 17.8. The molecule has 2 fully saturated rings. The third-order valence-corrected chi connectivity index (χ3v) is 14.1. The van der Waals surface area contributed by atoms with E-state index in [0.29, 0.717) is 58.2 Å². The Balaban J connectivity index is 0.938. The van der Waals surface area contributed by atoms with Gasteiger partial charge >= 0.3 is 0 Å². The van der Waals surface area contributed by atoms with Crippen molar-refractivity contribution in [3.05, 3.63) is 70.8 Å². The number of anilines is 1. The Morgan fingerprint density at radius 2 is 1.63 bits per heavy atom. The zero-order valence-corrected chi connectivity index (χ0v) is 32.9. The van der Waals surface area contributed by atoms with Crippen molar-refractivity contribution in [2.45, 2.75) is 44.2 Å². The summed E-state index contributed by atoms with van der Waals surface area (Å²) in [5.74, 6) is 3.02. The maximum Gasteiger partial charge on any atom is 0.261 e.